The molecule has 0 aliphatic rings. The van der Waals surface area contributed by atoms with E-state index >= 15 is 0 Å². The Labute approximate surface area is 89.9 Å². The van der Waals surface area contributed by atoms with E-state index in [0.29, 0.717) is 6.42 Å². The highest BCUT2D eigenvalue weighted by molar-refractivity contribution is 5.70. The van der Waals surface area contributed by atoms with E-state index in [1.807, 2.05) is 30.3 Å². The molecule has 0 saturated heterocycles. The smallest absolute Gasteiger partial charge is 0.308 e. The fourth-order valence-corrected chi connectivity index (χ4v) is 1.58. The highest BCUT2D eigenvalue weighted by Gasteiger charge is 2.21. The molecule has 1 rings (SSSR count). The van der Waals surface area contributed by atoms with Crippen LogP contribution in [0.3, 0.4) is 0 Å². The minimum Gasteiger partial charge on any atom is -0.481 e. The van der Waals surface area contributed by atoms with E-state index in [-0.39, 0.29) is 6.04 Å². The maximum absolute atomic E-state index is 10.9. The lowest BCUT2D eigenvalue weighted by atomic mass is 9.94. The van der Waals surface area contributed by atoms with Gasteiger partial charge in [-0.3, -0.25) is 4.79 Å². The van der Waals surface area contributed by atoms with Crippen LogP contribution < -0.4 is 5.73 Å². The number of hydrogen-bond acceptors (Lipinski definition) is 2. The molecule has 0 radical (unpaired) electrons. The number of carboxylic acids is 1. The zero-order chi connectivity index (χ0) is 11.3. The fourth-order valence-electron chi connectivity index (χ4n) is 1.58. The Morgan fingerprint density at radius 3 is 2.47 bits per heavy atom. The molecule has 1 aromatic carbocycles. The first-order chi connectivity index (χ1) is 7.11. The molecule has 82 valence electrons. The van der Waals surface area contributed by atoms with Crippen LogP contribution in [0.2, 0.25) is 0 Å². The lowest BCUT2D eigenvalue weighted by molar-refractivity contribution is -0.142. The molecule has 2 atom stereocenters. The summed E-state index contributed by atoms with van der Waals surface area (Å²) in [5.41, 5.74) is 6.78. The van der Waals surface area contributed by atoms with Gasteiger partial charge in [-0.05, 0) is 25.3 Å². The molecular formula is C12H17NO2. The van der Waals surface area contributed by atoms with Crippen molar-refractivity contribution >= 4 is 5.97 Å². The first-order valence-electron chi connectivity index (χ1n) is 5.13. The second-order valence-corrected chi connectivity index (χ2v) is 3.83. The van der Waals surface area contributed by atoms with Crippen LogP contribution in [0.1, 0.15) is 18.9 Å². The normalized spacial score (nSPS) is 14.5. The van der Waals surface area contributed by atoms with E-state index in [9.17, 15) is 4.79 Å². The van der Waals surface area contributed by atoms with Gasteiger partial charge >= 0.3 is 5.97 Å². The van der Waals surface area contributed by atoms with Gasteiger partial charge in [-0.15, -0.1) is 0 Å². The van der Waals surface area contributed by atoms with Crippen molar-refractivity contribution < 1.29 is 9.90 Å². The summed E-state index contributed by atoms with van der Waals surface area (Å²) in [7, 11) is 0. The summed E-state index contributed by atoms with van der Waals surface area (Å²) in [5, 5.41) is 8.94. The molecule has 0 saturated carbocycles. The zero-order valence-electron chi connectivity index (χ0n) is 8.89. The van der Waals surface area contributed by atoms with Gasteiger partial charge < -0.3 is 10.8 Å². The summed E-state index contributed by atoms with van der Waals surface area (Å²) in [6.07, 6.45) is 1.36. The van der Waals surface area contributed by atoms with Crippen LogP contribution in [0.15, 0.2) is 30.3 Å². The quantitative estimate of drug-likeness (QED) is 0.772. The fraction of sp³-hybridized carbons (Fsp3) is 0.417. The van der Waals surface area contributed by atoms with Crippen LogP contribution in [0.4, 0.5) is 0 Å². The Morgan fingerprint density at radius 2 is 2.00 bits per heavy atom. The van der Waals surface area contributed by atoms with E-state index < -0.39 is 11.9 Å². The third kappa shape index (κ3) is 3.72. The molecule has 0 heterocycles. The molecule has 3 nitrogen and oxygen atoms in total. The van der Waals surface area contributed by atoms with Crippen LogP contribution in [0.5, 0.6) is 0 Å². The average molecular weight is 207 g/mol. The maximum Gasteiger partial charge on any atom is 0.308 e. The summed E-state index contributed by atoms with van der Waals surface area (Å²) in [6.45, 7) is 1.74. The van der Waals surface area contributed by atoms with Crippen LogP contribution in [-0.2, 0) is 11.2 Å². The van der Waals surface area contributed by atoms with Crippen molar-refractivity contribution in [3.63, 3.8) is 0 Å². The summed E-state index contributed by atoms with van der Waals surface area (Å²) in [4.78, 5) is 10.9. The van der Waals surface area contributed by atoms with Gasteiger partial charge in [0.25, 0.3) is 0 Å². The highest BCUT2D eigenvalue weighted by Crippen LogP contribution is 2.12. The van der Waals surface area contributed by atoms with Crippen molar-refractivity contribution in [3.05, 3.63) is 35.9 Å². The second-order valence-electron chi connectivity index (χ2n) is 3.83. The predicted octanol–water partition coefficient (Wildman–Crippen LogP) is 1.67. The van der Waals surface area contributed by atoms with Gasteiger partial charge in [0.2, 0.25) is 0 Å². The summed E-state index contributed by atoms with van der Waals surface area (Å²) in [6, 6.07) is 9.56. The maximum atomic E-state index is 10.9. The average Bonchev–Trinajstić information content (AvgIpc) is 2.18. The molecule has 15 heavy (non-hydrogen) atoms. The Kier molecular flexibility index (Phi) is 4.31. The Balaban J connectivity index is 2.51. The van der Waals surface area contributed by atoms with Gasteiger partial charge in [0.1, 0.15) is 0 Å². The predicted molar refractivity (Wildman–Crippen MR) is 59.5 cm³/mol. The van der Waals surface area contributed by atoms with Gasteiger partial charge in [-0.2, -0.15) is 0 Å². The van der Waals surface area contributed by atoms with E-state index in [1.54, 1.807) is 6.92 Å². The first kappa shape index (κ1) is 11.7. The topological polar surface area (TPSA) is 63.3 Å². The van der Waals surface area contributed by atoms with Crippen molar-refractivity contribution in [2.45, 2.75) is 25.8 Å². The van der Waals surface area contributed by atoms with Gasteiger partial charge in [0, 0.05) is 6.04 Å². The molecule has 0 bridgehead atoms. The van der Waals surface area contributed by atoms with Crippen LogP contribution in [0.25, 0.3) is 0 Å². The van der Waals surface area contributed by atoms with Crippen molar-refractivity contribution in [2.75, 3.05) is 0 Å². The van der Waals surface area contributed by atoms with Gasteiger partial charge in [-0.1, -0.05) is 30.3 Å². The number of carbonyl (C=O) groups is 1. The number of rotatable bonds is 5. The number of carboxylic acid groups (broad SMARTS) is 1. The number of benzene rings is 1. The molecule has 0 aromatic heterocycles. The second kappa shape index (κ2) is 5.51. The van der Waals surface area contributed by atoms with E-state index in [1.165, 1.54) is 0 Å². The highest BCUT2D eigenvalue weighted by atomic mass is 16.4. The molecule has 0 aliphatic heterocycles. The van der Waals surface area contributed by atoms with Crippen molar-refractivity contribution in [1.82, 2.24) is 0 Å². The lowest BCUT2D eigenvalue weighted by Crippen LogP contribution is -2.33. The third-order valence-electron chi connectivity index (χ3n) is 2.54. The van der Waals surface area contributed by atoms with Crippen LogP contribution in [0, 0.1) is 5.92 Å². The van der Waals surface area contributed by atoms with E-state index in [0.717, 1.165) is 12.0 Å². The summed E-state index contributed by atoms with van der Waals surface area (Å²) in [5.74, 6) is -1.26. The minimum absolute atomic E-state index is 0.300. The molecule has 0 fully saturated rings. The van der Waals surface area contributed by atoms with E-state index in [2.05, 4.69) is 0 Å². The van der Waals surface area contributed by atoms with Gasteiger partial charge in [0.15, 0.2) is 0 Å². The first-order valence-corrected chi connectivity index (χ1v) is 5.13. The molecular weight excluding hydrogens is 190 g/mol. The largest absolute Gasteiger partial charge is 0.481 e. The van der Waals surface area contributed by atoms with Crippen molar-refractivity contribution in [2.24, 2.45) is 11.7 Å². The lowest BCUT2D eigenvalue weighted by Gasteiger charge is -2.15. The molecule has 2 unspecified atom stereocenters. The van der Waals surface area contributed by atoms with E-state index in [4.69, 9.17) is 10.8 Å². The molecule has 3 N–H and O–H groups in total. The molecule has 0 spiro atoms. The molecule has 3 heteroatoms. The van der Waals surface area contributed by atoms with Crippen molar-refractivity contribution in [3.8, 4) is 0 Å². The van der Waals surface area contributed by atoms with Gasteiger partial charge in [0.05, 0.1) is 5.92 Å². The summed E-state index contributed by atoms with van der Waals surface area (Å²) < 4.78 is 0. The van der Waals surface area contributed by atoms with Crippen LogP contribution >= 0.6 is 0 Å². The third-order valence-corrected chi connectivity index (χ3v) is 2.54. The zero-order valence-corrected chi connectivity index (χ0v) is 8.89. The molecule has 0 aliphatic carbocycles. The van der Waals surface area contributed by atoms with Crippen molar-refractivity contribution in [1.29, 1.82) is 0 Å². The standard InChI is InChI=1S/C12H17NO2/c1-9(13)11(12(14)15)8-7-10-5-3-2-4-6-10/h2-6,9,11H,7-8,13H2,1H3,(H,14,15). The minimum atomic E-state index is -0.805. The molecule has 0 amide bonds. The SMILES string of the molecule is CC(N)C(CCc1ccccc1)C(=O)O. The van der Waals surface area contributed by atoms with Gasteiger partial charge in [-0.25, -0.2) is 0 Å². The Bertz CT molecular complexity index is 309. The number of hydrogen-bond donors (Lipinski definition) is 2. The Morgan fingerprint density at radius 1 is 1.40 bits per heavy atom. The monoisotopic (exact) mass is 207 g/mol. The number of aliphatic carboxylic acids is 1. The number of nitrogens with two attached hydrogens (primary N) is 1. The summed E-state index contributed by atoms with van der Waals surface area (Å²) >= 11 is 0. The number of aryl methyl sites for hydroxylation is 1. The Hall–Kier alpha value is -1.35. The molecule has 1 aromatic rings. The van der Waals surface area contributed by atoms with Crippen LogP contribution in [-0.4, -0.2) is 17.1 Å².